The van der Waals surface area contributed by atoms with Crippen LogP contribution in [0.2, 0.25) is 0 Å². The van der Waals surface area contributed by atoms with E-state index in [0.29, 0.717) is 0 Å². The van der Waals surface area contributed by atoms with Crippen molar-refractivity contribution in [3.05, 3.63) is 0 Å². The number of carbonyl (C=O) groups is 2. The summed E-state index contributed by atoms with van der Waals surface area (Å²) >= 11 is 0. The van der Waals surface area contributed by atoms with Gasteiger partial charge in [-0.25, -0.2) is 4.79 Å². The van der Waals surface area contributed by atoms with Gasteiger partial charge in [-0.05, 0) is 12.8 Å². The lowest BCUT2D eigenvalue weighted by molar-refractivity contribution is -0.149. The van der Waals surface area contributed by atoms with E-state index >= 15 is 0 Å². The fourth-order valence-electron chi connectivity index (χ4n) is 0.877. The molecule has 0 aliphatic carbocycles. The number of nitrogens with two attached hydrogens (primary N) is 1. The molecular weight excluding hydrogens is 220 g/mol. The van der Waals surface area contributed by atoms with Crippen LogP contribution in [0.4, 0.5) is 0 Å². The number of hydrogen-bond donors (Lipinski definition) is 2. The minimum atomic E-state index is -1.03. The Morgan fingerprint density at radius 3 is 1.93 bits per heavy atom. The van der Waals surface area contributed by atoms with Gasteiger partial charge < -0.3 is 15.7 Å². The Morgan fingerprint density at radius 1 is 1.27 bits per heavy atom. The molecule has 3 N–H and O–H groups in total. The van der Waals surface area contributed by atoms with Gasteiger partial charge >= 0.3 is 5.97 Å². The molecule has 1 amide bonds. The van der Waals surface area contributed by atoms with Crippen molar-refractivity contribution in [1.82, 2.24) is 4.90 Å². The molecule has 0 fully saturated rings. The van der Waals surface area contributed by atoms with Gasteiger partial charge in [0.15, 0.2) is 0 Å². The number of amides is 1. The standard InChI is InChI=1S/C9H18N2O3.ClH/c1-5(2)7(10)8(12)11(4)6(3)9(13)14;/h5-7H,10H2,1-4H3,(H,13,14);1H/t6-,7-;/m0./s1. The normalized spacial score (nSPS) is 14.0. The van der Waals surface area contributed by atoms with Crippen molar-refractivity contribution in [2.24, 2.45) is 11.7 Å². The number of rotatable bonds is 4. The van der Waals surface area contributed by atoms with Gasteiger partial charge in [-0.15, -0.1) is 12.4 Å². The Kier molecular flexibility index (Phi) is 7.35. The summed E-state index contributed by atoms with van der Waals surface area (Å²) in [6.45, 7) is 5.09. The third-order valence-corrected chi connectivity index (χ3v) is 2.29. The maximum atomic E-state index is 11.6. The molecule has 0 saturated carbocycles. The highest BCUT2D eigenvalue weighted by Gasteiger charge is 2.27. The first kappa shape index (κ1) is 16.6. The molecule has 5 nitrogen and oxygen atoms in total. The van der Waals surface area contributed by atoms with Gasteiger partial charge in [-0.2, -0.15) is 0 Å². The lowest BCUT2D eigenvalue weighted by atomic mass is 10.0. The molecule has 0 aromatic carbocycles. The Balaban J connectivity index is 0. The Hall–Kier alpha value is -0.810. The van der Waals surface area contributed by atoms with Crippen LogP contribution in [0.15, 0.2) is 0 Å². The molecule has 15 heavy (non-hydrogen) atoms. The number of hydrogen-bond acceptors (Lipinski definition) is 3. The van der Waals surface area contributed by atoms with Crippen molar-refractivity contribution in [2.45, 2.75) is 32.9 Å². The summed E-state index contributed by atoms with van der Waals surface area (Å²) in [6.07, 6.45) is 0. The number of halogens is 1. The predicted octanol–water partition coefficient (Wildman–Crippen LogP) is 0.323. The summed E-state index contributed by atoms with van der Waals surface area (Å²) in [5.41, 5.74) is 5.61. The highest BCUT2D eigenvalue weighted by molar-refractivity contribution is 5.86. The van der Waals surface area contributed by atoms with E-state index in [1.165, 1.54) is 14.0 Å². The van der Waals surface area contributed by atoms with E-state index in [1.54, 1.807) is 0 Å². The highest BCUT2D eigenvalue weighted by atomic mass is 35.5. The van der Waals surface area contributed by atoms with Gasteiger partial charge in [-0.3, -0.25) is 4.79 Å². The van der Waals surface area contributed by atoms with Crippen molar-refractivity contribution in [1.29, 1.82) is 0 Å². The summed E-state index contributed by atoms with van der Waals surface area (Å²) in [5.74, 6) is -1.36. The minimum Gasteiger partial charge on any atom is -0.480 e. The fourth-order valence-corrected chi connectivity index (χ4v) is 0.877. The van der Waals surface area contributed by atoms with Crippen LogP contribution >= 0.6 is 12.4 Å². The summed E-state index contributed by atoms with van der Waals surface area (Å²) in [6, 6.07) is -1.48. The van der Waals surface area contributed by atoms with Crippen molar-refractivity contribution in [3.8, 4) is 0 Å². The molecule has 0 spiro atoms. The summed E-state index contributed by atoms with van der Waals surface area (Å²) in [5, 5.41) is 8.69. The van der Waals surface area contributed by atoms with Crippen LogP contribution in [0, 0.1) is 5.92 Å². The summed E-state index contributed by atoms with van der Waals surface area (Å²) in [7, 11) is 1.45. The highest BCUT2D eigenvalue weighted by Crippen LogP contribution is 2.05. The Labute approximate surface area is 96.0 Å². The maximum absolute atomic E-state index is 11.6. The molecule has 0 saturated heterocycles. The molecule has 0 bridgehead atoms. The SMILES string of the molecule is CC(C)[C@H](N)C(=O)N(C)[C@@H](C)C(=O)O.Cl. The van der Waals surface area contributed by atoms with E-state index in [2.05, 4.69) is 0 Å². The second kappa shape index (κ2) is 6.63. The molecule has 0 radical (unpaired) electrons. The molecular formula is C9H19ClN2O3. The summed E-state index contributed by atoms with van der Waals surface area (Å²) in [4.78, 5) is 23.3. The molecule has 0 aliphatic rings. The van der Waals surface area contributed by atoms with Crippen molar-refractivity contribution < 1.29 is 14.7 Å². The predicted molar refractivity (Wildman–Crippen MR) is 59.9 cm³/mol. The van der Waals surface area contributed by atoms with Crippen molar-refractivity contribution in [3.63, 3.8) is 0 Å². The number of likely N-dealkylation sites (N-methyl/N-ethyl adjacent to an activating group) is 1. The first-order chi connectivity index (χ1) is 6.29. The zero-order chi connectivity index (χ0) is 11.5. The number of carbonyl (C=O) groups excluding carboxylic acids is 1. The van der Waals surface area contributed by atoms with Gasteiger partial charge in [-0.1, -0.05) is 13.8 Å². The van der Waals surface area contributed by atoms with E-state index in [4.69, 9.17) is 10.8 Å². The van der Waals surface area contributed by atoms with Crippen LogP contribution in [0.5, 0.6) is 0 Å². The topological polar surface area (TPSA) is 83.6 Å². The lowest BCUT2D eigenvalue weighted by Crippen LogP contribution is -2.50. The molecule has 0 aromatic heterocycles. The van der Waals surface area contributed by atoms with Gasteiger partial charge in [0.1, 0.15) is 6.04 Å². The van der Waals surface area contributed by atoms with Gasteiger partial charge in [0.2, 0.25) is 5.91 Å². The molecule has 0 aliphatic heterocycles. The second-order valence-electron chi connectivity index (χ2n) is 3.73. The first-order valence-electron chi connectivity index (χ1n) is 4.54. The summed E-state index contributed by atoms with van der Waals surface area (Å²) < 4.78 is 0. The average Bonchev–Trinajstić information content (AvgIpc) is 2.12. The maximum Gasteiger partial charge on any atom is 0.326 e. The van der Waals surface area contributed by atoms with E-state index in [9.17, 15) is 9.59 Å². The largest absolute Gasteiger partial charge is 0.480 e. The molecule has 0 unspecified atom stereocenters. The number of nitrogens with zero attached hydrogens (tertiary/aromatic N) is 1. The molecule has 0 aromatic rings. The van der Waals surface area contributed by atoms with Crippen LogP contribution < -0.4 is 5.73 Å². The van der Waals surface area contributed by atoms with Gasteiger partial charge in [0.25, 0.3) is 0 Å². The van der Waals surface area contributed by atoms with E-state index in [0.717, 1.165) is 4.90 Å². The van der Waals surface area contributed by atoms with E-state index < -0.39 is 18.1 Å². The van der Waals surface area contributed by atoms with Gasteiger partial charge in [0.05, 0.1) is 6.04 Å². The Morgan fingerprint density at radius 2 is 1.67 bits per heavy atom. The Bertz CT molecular complexity index is 233. The average molecular weight is 239 g/mol. The van der Waals surface area contributed by atoms with Crippen LogP contribution in [0.25, 0.3) is 0 Å². The van der Waals surface area contributed by atoms with Crippen LogP contribution in [-0.4, -0.2) is 41.0 Å². The molecule has 90 valence electrons. The minimum absolute atomic E-state index is 0. The van der Waals surface area contributed by atoms with Crippen LogP contribution in [0.3, 0.4) is 0 Å². The van der Waals surface area contributed by atoms with Crippen molar-refractivity contribution in [2.75, 3.05) is 7.05 Å². The zero-order valence-corrected chi connectivity index (χ0v) is 10.2. The quantitative estimate of drug-likeness (QED) is 0.739. The molecule has 6 heteroatoms. The number of carboxylic acids is 1. The van der Waals surface area contributed by atoms with Crippen LogP contribution in [-0.2, 0) is 9.59 Å². The second-order valence-corrected chi connectivity index (χ2v) is 3.73. The smallest absolute Gasteiger partial charge is 0.326 e. The number of carboxylic acid groups (broad SMARTS) is 1. The first-order valence-corrected chi connectivity index (χ1v) is 4.54. The van der Waals surface area contributed by atoms with Crippen molar-refractivity contribution >= 4 is 24.3 Å². The monoisotopic (exact) mass is 238 g/mol. The third-order valence-electron chi connectivity index (χ3n) is 2.29. The fraction of sp³-hybridized carbons (Fsp3) is 0.778. The van der Waals surface area contributed by atoms with E-state index in [1.807, 2.05) is 13.8 Å². The third kappa shape index (κ3) is 4.48. The van der Waals surface area contributed by atoms with E-state index in [-0.39, 0.29) is 24.2 Å². The zero-order valence-electron chi connectivity index (χ0n) is 9.43. The molecule has 0 heterocycles. The van der Waals surface area contributed by atoms with Gasteiger partial charge in [0, 0.05) is 7.05 Å². The lowest BCUT2D eigenvalue weighted by Gasteiger charge is -2.26. The van der Waals surface area contributed by atoms with Crippen LogP contribution in [0.1, 0.15) is 20.8 Å². The molecule has 0 rings (SSSR count). The molecule has 2 atom stereocenters. The number of aliphatic carboxylic acids is 1.